The molecule has 1 fully saturated rings. The summed E-state index contributed by atoms with van der Waals surface area (Å²) in [5, 5.41) is 7.97. The van der Waals surface area contributed by atoms with Gasteiger partial charge in [-0.05, 0) is 45.2 Å². The minimum absolute atomic E-state index is 0.0889. The standard InChI is InChI=1S/C17H23F2N5/c1-9(2)22-17-13-7-15(23-12-4-3-11(20)6-12)21-8-10(13)5-14(24-17)16(18)19/h5,7-9,11-12,16H,3-4,6,20H2,1-2H3,(H,21,23)(H,22,24)/t11-,12-/m0/s1. The summed E-state index contributed by atoms with van der Waals surface area (Å²) in [6, 6.07) is 3.89. The number of aromatic nitrogens is 2. The Bertz CT molecular complexity index is 719. The van der Waals surface area contributed by atoms with Gasteiger partial charge in [-0.3, -0.25) is 0 Å². The van der Waals surface area contributed by atoms with Crippen LogP contribution in [0, 0.1) is 0 Å². The molecule has 3 rings (SSSR count). The molecule has 0 aromatic carbocycles. The van der Waals surface area contributed by atoms with Crippen molar-refractivity contribution in [1.29, 1.82) is 0 Å². The molecule has 0 amide bonds. The molecule has 0 spiro atoms. The lowest BCUT2D eigenvalue weighted by molar-refractivity contribution is 0.146. The summed E-state index contributed by atoms with van der Waals surface area (Å²) in [7, 11) is 0. The number of nitrogens with one attached hydrogen (secondary N) is 2. The molecule has 2 heterocycles. The fourth-order valence-corrected chi connectivity index (χ4v) is 3.10. The Morgan fingerprint density at radius 2 is 2.04 bits per heavy atom. The molecule has 5 nitrogen and oxygen atoms in total. The first-order chi connectivity index (χ1) is 11.4. The van der Waals surface area contributed by atoms with E-state index in [2.05, 4.69) is 20.6 Å². The molecule has 130 valence electrons. The van der Waals surface area contributed by atoms with Crippen molar-refractivity contribution in [3.63, 3.8) is 0 Å². The highest BCUT2D eigenvalue weighted by molar-refractivity contribution is 5.93. The number of hydrogen-bond acceptors (Lipinski definition) is 5. The van der Waals surface area contributed by atoms with Gasteiger partial charge in [0, 0.05) is 35.1 Å². The minimum Gasteiger partial charge on any atom is -0.367 e. The SMILES string of the molecule is CC(C)Nc1nc(C(F)F)cc2cnc(N[C@H]3CC[C@H](N)C3)cc12. The van der Waals surface area contributed by atoms with Crippen molar-refractivity contribution in [2.75, 3.05) is 10.6 Å². The highest BCUT2D eigenvalue weighted by atomic mass is 19.3. The lowest BCUT2D eigenvalue weighted by atomic mass is 10.1. The predicted molar refractivity (Wildman–Crippen MR) is 92.5 cm³/mol. The van der Waals surface area contributed by atoms with Crippen LogP contribution >= 0.6 is 0 Å². The van der Waals surface area contributed by atoms with Crippen molar-refractivity contribution in [1.82, 2.24) is 9.97 Å². The lowest BCUT2D eigenvalue weighted by Gasteiger charge is -2.16. The van der Waals surface area contributed by atoms with Crippen LogP contribution in [0.2, 0.25) is 0 Å². The molecular formula is C17H23F2N5. The second-order valence-electron chi connectivity index (χ2n) is 6.70. The van der Waals surface area contributed by atoms with Crippen molar-refractivity contribution in [3.05, 3.63) is 24.0 Å². The minimum atomic E-state index is -2.61. The Labute approximate surface area is 140 Å². The molecule has 0 saturated heterocycles. The Morgan fingerprint density at radius 3 is 2.67 bits per heavy atom. The van der Waals surface area contributed by atoms with Gasteiger partial charge in [-0.15, -0.1) is 0 Å². The van der Waals surface area contributed by atoms with Gasteiger partial charge in [0.05, 0.1) is 0 Å². The maximum Gasteiger partial charge on any atom is 0.280 e. The van der Waals surface area contributed by atoms with Gasteiger partial charge in [0.2, 0.25) is 0 Å². The van der Waals surface area contributed by atoms with Crippen LogP contribution < -0.4 is 16.4 Å². The van der Waals surface area contributed by atoms with Gasteiger partial charge >= 0.3 is 0 Å². The third-order valence-corrected chi connectivity index (χ3v) is 4.21. The van der Waals surface area contributed by atoms with Gasteiger partial charge in [0.15, 0.2) is 0 Å². The molecule has 0 unspecified atom stereocenters. The van der Waals surface area contributed by atoms with Crippen LogP contribution in [-0.4, -0.2) is 28.1 Å². The molecule has 24 heavy (non-hydrogen) atoms. The number of rotatable bonds is 5. The Hall–Kier alpha value is -2.02. The molecule has 1 aliphatic rings. The number of anilines is 2. The monoisotopic (exact) mass is 335 g/mol. The summed E-state index contributed by atoms with van der Waals surface area (Å²) in [4.78, 5) is 8.45. The van der Waals surface area contributed by atoms with Crippen molar-refractivity contribution in [2.24, 2.45) is 5.73 Å². The molecule has 0 bridgehead atoms. The zero-order valence-corrected chi connectivity index (χ0v) is 13.9. The number of hydrogen-bond donors (Lipinski definition) is 3. The average molecular weight is 335 g/mol. The first-order valence-electron chi connectivity index (χ1n) is 8.30. The molecule has 2 atom stereocenters. The normalized spacial score (nSPS) is 21.0. The van der Waals surface area contributed by atoms with E-state index in [0.29, 0.717) is 17.2 Å². The van der Waals surface area contributed by atoms with Crippen LogP contribution in [0.3, 0.4) is 0 Å². The van der Waals surface area contributed by atoms with Crippen LogP contribution in [0.25, 0.3) is 10.8 Å². The van der Waals surface area contributed by atoms with Crippen molar-refractivity contribution < 1.29 is 8.78 Å². The first kappa shape index (κ1) is 16.8. The molecule has 0 aliphatic heterocycles. The number of nitrogens with two attached hydrogens (primary N) is 1. The summed E-state index contributed by atoms with van der Waals surface area (Å²) < 4.78 is 26.1. The maximum absolute atomic E-state index is 13.1. The zero-order chi connectivity index (χ0) is 17.3. The lowest BCUT2D eigenvalue weighted by Crippen LogP contribution is -2.21. The van der Waals surface area contributed by atoms with Crippen LogP contribution in [0.5, 0.6) is 0 Å². The number of nitrogens with zero attached hydrogens (tertiary/aromatic N) is 2. The van der Waals surface area contributed by atoms with E-state index < -0.39 is 6.43 Å². The van der Waals surface area contributed by atoms with E-state index in [9.17, 15) is 8.78 Å². The van der Waals surface area contributed by atoms with Crippen LogP contribution in [0.4, 0.5) is 20.4 Å². The molecule has 7 heteroatoms. The average Bonchev–Trinajstić information content (AvgIpc) is 2.92. The summed E-state index contributed by atoms with van der Waals surface area (Å²) in [5.41, 5.74) is 5.70. The van der Waals surface area contributed by atoms with Crippen LogP contribution in [-0.2, 0) is 0 Å². The molecule has 4 N–H and O–H groups in total. The van der Waals surface area contributed by atoms with Crippen LogP contribution in [0.15, 0.2) is 18.3 Å². The highest BCUT2D eigenvalue weighted by Crippen LogP contribution is 2.30. The topological polar surface area (TPSA) is 75.9 Å². The summed E-state index contributed by atoms with van der Waals surface area (Å²) >= 11 is 0. The quantitative estimate of drug-likeness (QED) is 0.777. The maximum atomic E-state index is 13.1. The number of halogens is 2. The molecule has 1 saturated carbocycles. The zero-order valence-electron chi connectivity index (χ0n) is 13.9. The third-order valence-electron chi connectivity index (χ3n) is 4.21. The second kappa shape index (κ2) is 6.84. The Morgan fingerprint density at radius 1 is 1.25 bits per heavy atom. The fourth-order valence-electron chi connectivity index (χ4n) is 3.10. The predicted octanol–water partition coefficient (Wildman–Crippen LogP) is 3.68. The van der Waals surface area contributed by atoms with Crippen molar-refractivity contribution in [3.8, 4) is 0 Å². The van der Waals surface area contributed by atoms with E-state index in [0.717, 1.165) is 30.5 Å². The van der Waals surface area contributed by atoms with E-state index >= 15 is 0 Å². The van der Waals surface area contributed by atoms with E-state index in [1.54, 1.807) is 6.20 Å². The van der Waals surface area contributed by atoms with Crippen LogP contribution in [0.1, 0.15) is 45.2 Å². The number of alkyl halides is 2. The van der Waals surface area contributed by atoms with E-state index in [1.165, 1.54) is 6.07 Å². The second-order valence-corrected chi connectivity index (χ2v) is 6.70. The summed E-state index contributed by atoms with van der Waals surface area (Å²) in [5.74, 6) is 1.19. The highest BCUT2D eigenvalue weighted by Gasteiger charge is 2.22. The van der Waals surface area contributed by atoms with Gasteiger partial charge in [-0.2, -0.15) is 0 Å². The van der Waals surface area contributed by atoms with Gasteiger partial charge in [0.25, 0.3) is 6.43 Å². The van der Waals surface area contributed by atoms with Crippen molar-refractivity contribution >= 4 is 22.4 Å². The van der Waals surface area contributed by atoms with E-state index in [-0.39, 0.29) is 17.8 Å². The van der Waals surface area contributed by atoms with Gasteiger partial charge in [0.1, 0.15) is 17.3 Å². The smallest absolute Gasteiger partial charge is 0.280 e. The first-order valence-corrected chi connectivity index (χ1v) is 8.30. The molecule has 2 aromatic rings. The summed E-state index contributed by atoms with van der Waals surface area (Å²) in [6.07, 6.45) is 1.94. The molecule has 1 aliphatic carbocycles. The fraction of sp³-hybridized carbons (Fsp3) is 0.529. The molecule has 2 aromatic heterocycles. The largest absolute Gasteiger partial charge is 0.367 e. The van der Waals surface area contributed by atoms with Gasteiger partial charge in [-0.25, -0.2) is 18.7 Å². The third kappa shape index (κ3) is 3.72. The van der Waals surface area contributed by atoms with Gasteiger partial charge in [-0.1, -0.05) is 0 Å². The Balaban J connectivity index is 1.95. The molecule has 0 radical (unpaired) electrons. The van der Waals surface area contributed by atoms with Gasteiger partial charge < -0.3 is 16.4 Å². The Kier molecular flexibility index (Phi) is 4.80. The summed E-state index contributed by atoms with van der Waals surface area (Å²) in [6.45, 7) is 3.89. The molecular weight excluding hydrogens is 312 g/mol. The van der Waals surface area contributed by atoms with E-state index in [4.69, 9.17) is 5.73 Å². The number of pyridine rings is 2. The number of fused-ring (bicyclic) bond motifs is 1. The van der Waals surface area contributed by atoms with E-state index in [1.807, 2.05) is 19.9 Å². The van der Waals surface area contributed by atoms with Crippen molar-refractivity contribution in [2.45, 2.75) is 57.7 Å².